The molecule has 4 nitrogen and oxygen atoms in total. The van der Waals surface area contributed by atoms with Gasteiger partial charge in [-0.25, -0.2) is 0 Å². The summed E-state index contributed by atoms with van der Waals surface area (Å²) in [5.41, 5.74) is 2.27. The van der Waals surface area contributed by atoms with Crippen LogP contribution in [-0.2, 0) is 4.74 Å². The molecule has 23 heavy (non-hydrogen) atoms. The Morgan fingerprint density at radius 2 is 2.09 bits per heavy atom. The third-order valence-electron chi connectivity index (χ3n) is 3.90. The lowest BCUT2D eigenvalue weighted by Gasteiger charge is -2.30. The Morgan fingerprint density at radius 1 is 1.26 bits per heavy atom. The molecule has 1 unspecified atom stereocenters. The molecule has 1 aliphatic rings. The van der Waals surface area contributed by atoms with Crippen molar-refractivity contribution < 1.29 is 9.53 Å². The number of hydrogen-bond donors (Lipinski definition) is 1. The number of hydrogen-bond acceptors (Lipinski definition) is 3. The molecule has 1 heterocycles. The number of likely N-dealkylation sites (N-methyl/N-ethyl adjacent to an activating group) is 1. The van der Waals surface area contributed by atoms with E-state index in [-0.39, 0.29) is 12.0 Å². The molecule has 2 aromatic carbocycles. The first-order valence-electron chi connectivity index (χ1n) is 7.59. The molecular weight excluding hydrogens is 312 g/mol. The van der Waals surface area contributed by atoms with Gasteiger partial charge < -0.3 is 15.0 Å². The molecule has 5 heteroatoms. The van der Waals surface area contributed by atoms with Crippen molar-refractivity contribution in [2.75, 3.05) is 32.1 Å². The van der Waals surface area contributed by atoms with Crippen molar-refractivity contribution in [2.24, 2.45) is 0 Å². The third-order valence-corrected chi connectivity index (χ3v) is 4.23. The maximum absolute atomic E-state index is 12.3. The van der Waals surface area contributed by atoms with Crippen LogP contribution >= 0.6 is 11.6 Å². The van der Waals surface area contributed by atoms with E-state index < -0.39 is 0 Å². The van der Waals surface area contributed by atoms with Gasteiger partial charge in [0.05, 0.1) is 23.3 Å². The number of rotatable bonds is 3. The number of anilines is 1. The standard InChI is InChI=1S/C18H19ClN2O2/c1-21-9-10-23-17(12-21)13-5-4-6-14(11-13)20-18(22)15-7-2-3-8-16(15)19/h2-8,11,17H,9-10,12H2,1H3,(H,20,22). The summed E-state index contributed by atoms with van der Waals surface area (Å²) >= 11 is 6.07. The van der Waals surface area contributed by atoms with Gasteiger partial charge in [0.25, 0.3) is 5.91 Å². The van der Waals surface area contributed by atoms with Gasteiger partial charge in [0, 0.05) is 18.8 Å². The molecule has 1 fully saturated rings. The highest BCUT2D eigenvalue weighted by Gasteiger charge is 2.20. The van der Waals surface area contributed by atoms with E-state index in [4.69, 9.17) is 16.3 Å². The molecule has 1 N–H and O–H groups in total. The fraction of sp³-hybridized carbons (Fsp3) is 0.278. The number of benzene rings is 2. The van der Waals surface area contributed by atoms with Crippen LogP contribution in [0.25, 0.3) is 0 Å². The van der Waals surface area contributed by atoms with E-state index in [1.807, 2.05) is 24.3 Å². The molecule has 0 aromatic heterocycles. The van der Waals surface area contributed by atoms with Crippen molar-refractivity contribution in [3.05, 3.63) is 64.7 Å². The third kappa shape index (κ3) is 3.91. The van der Waals surface area contributed by atoms with Crippen LogP contribution in [-0.4, -0.2) is 37.6 Å². The predicted octanol–water partition coefficient (Wildman–Crippen LogP) is 3.60. The van der Waals surface area contributed by atoms with E-state index in [1.54, 1.807) is 24.3 Å². The van der Waals surface area contributed by atoms with Crippen molar-refractivity contribution >= 4 is 23.2 Å². The highest BCUT2D eigenvalue weighted by atomic mass is 35.5. The molecule has 1 aliphatic heterocycles. The summed E-state index contributed by atoms with van der Waals surface area (Å²) in [5, 5.41) is 3.34. The topological polar surface area (TPSA) is 41.6 Å². The van der Waals surface area contributed by atoms with Crippen molar-refractivity contribution in [1.29, 1.82) is 0 Å². The lowest BCUT2D eigenvalue weighted by molar-refractivity contribution is -0.0208. The average molecular weight is 331 g/mol. The Hall–Kier alpha value is -1.88. The number of ether oxygens (including phenoxy) is 1. The van der Waals surface area contributed by atoms with Crippen LogP contribution in [0, 0.1) is 0 Å². The summed E-state index contributed by atoms with van der Waals surface area (Å²) in [6.45, 7) is 2.51. The summed E-state index contributed by atoms with van der Waals surface area (Å²) in [4.78, 5) is 14.6. The normalized spacial score (nSPS) is 18.6. The van der Waals surface area contributed by atoms with Crippen LogP contribution in [0.15, 0.2) is 48.5 Å². The van der Waals surface area contributed by atoms with E-state index in [9.17, 15) is 4.79 Å². The zero-order chi connectivity index (χ0) is 16.2. The summed E-state index contributed by atoms with van der Waals surface area (Å²) in [6, 6.07) is 14.8. The van der Waals surface area contributed by atoms with Gasteiger partial charge >= 0.3 is 0 Å². The zero-order valence-corrected chi connectivity index (χ0v) is 13.7. The van der Waals surface area contributed by atoms with Crippen LogP contribution in [0.3, 0.4) is 0 Å². The fourth-order valence-corrected chi connectivity index (χ4v) is 2.86. The molecule has 0 spiro atoms. The number of nitrogens with one attached hydrogen (secondary N) is 1. The van der Waals surface area contributed by atoms with Gasteiger partial charge in [0.1, 0.15) is 0 Å². The summed E-state index contributed by atoms with van der Waals surface area (Å²) in [6.07, 6.45) is 0.0333. The van der Waals surface area contributed by atoms with Crippen molar-refractivity contribution in [3.8, 4) is 0 Å². The quantitative estimate of drug-likeness (QED) is 0.935. The highest BCUT2D eigenvalue weighted by Crippen LogP contribution is 2.24. The predicted molar refractivity (Wildman–Crippen MR) is 92.0 cm³/mol. The van der Waals surface area contributed by atoms with Crippen molar-refractivity contribution in [2.45, 2.75) is 6.10 Å². The second-order valence-corrected chi connectivity index (χ2v) is 6.09. The Bertz CT molecular complexity index is 705. The Kier molecular flexibility index (Phi) is 4.96. The summed E-state index contributed by atoms with van der Waals surface area (Å²) < 4.78 is 5.82. The SMILES string of the molecule is CN1CCOC(c2cccc(NC(=O)c3ccccc3Cl)c2)C1. The molecule has 1 saturated heterocycles. The first kappa shape index (κ1) is 16.0. The van der Waals surface area contributed by atoms with Gasteiger partial charge in [-0.2, -0.15) is 0 Å². The van der Waals surface area contributed by atoms with E-state index >= 15 is 0 Å². The molecule has 0 radical (unpaired) electrons. The molecule has 0 aliphatic carbocycles. The van der Waals surface area contributed by atoms with E-state index in [0.717, 1.165) is 30.9 Å². The Balaban J connectivity index is 1.75. The van der Waals surface area contributed by atoms with Gasteiger partial charge in [0.2, 0.25) is 0 Å². The lowest BCUT2D eigenvalue weighted by Crippen LogP contribution is -2.35. The summed E-state index contributed by atoms with van der Waals surface area (Å²) in [7, 11) is 2.08. The number of morpholine rings is 1. The number of nitrogens with zero attached hydrogens (tertiary/aromatic N) is 1. The molecule has 2 aromatic rings. The van der Waals surface area contributed by atoms with Crippen LogP contribution < -0.4 is 5.32 Å². The maximum atomic E-state index is 12.3. The first-order chi connectivity index (χ1) is 11.1. The monoisotopic (exact) mass is 330 g/mol. The first-order valence-corrected chi connectivity index (χ1v) is 7.97. The van der Waals surface area contributed by atoms with Crippen molar-refractivity contribution in [3.63, 3.8) is 0 Å². The van der Waals surface area contributed by atoms with Crippen molar-refractivity contribution in [1.82, 2.24) is 4.90 Å². The molecule has 1 atom stereocenters. The molecular formula is C18H19ClN2O2. The number of carbonyl (C=O) groups is 1. The van der Waals surface area contributed by atoms with Crippen LogP contribution in [0.5, 0.6) is 0 Å². The van der Waals surface area contributed by atoms with E-state index in [1.165, 1.54) is 0 Å². The van der Waals surface area contributed by atoms with Crippen LogP contribution in [0.4, 0.5) is 5.69 Å². The maximum Gasteiger partial charge on any atom is 0.257 e. The highest BCUT2D eigenvalue weighted by molar-refractivity contribution is 6.34. The number of carbonyl (C=O) groups excluding carboxylic acids is 1. The number of amides is 1. The van der Waals surface area contributed by atoms with Gasteiger partial charge in [-0.05, 0) is 36.9 Å². The Morgan fingerprint density at radius 3 is 2.87 bits per heavy atom. The van der Waals surface area contributed by atoms with Gasteiger partial charge in [-0.15, -0.1) is 0 Å². The molecule has 0 saturated carbocycles. The van der Waals surface area contributed by atoms with Gasteiger partial charge in [-0.3, -0.25) is 4.79 Å². The minimum Gasteiger partial charge on any atom is -0.371 e. The zero-order valence-electron chi connectivity index (χ0n) is 13.0. The molecule has 3 rings (SSSR count). The van der Waals surface area contributed by atoms with Crippen LogP contribution in [0.1, 0.15) is 22.0 Å². The minimum atomic E-state index is -0.213. The number of halogens is 1. The fourth-order valence-electron chi connectivity index (χ4n) is 2.64. The van der Waals surface area contributed by atoms with Gasteiger partial charge in [-0.1, -0.05) is 35.9 Å². The van der Waals surface area contributed by atoms with Crippen LogP contribution in [0.2, 0.25) is 5.02 Å². The second kappa shape index (κ2) is 7.13. The average Bonchev–Trinajstić information content (AvgIpc) is 2.55. The molecule has 1 amide bonds. The minimum absolute atomic E-state index is 0.0333. The van der Waals surface area contributed by atoms with E-state index in [0.29, 0.717) is 10.6 Å². The second-order valence-electron chi connectivity index (χ2n) is 5.68. The molecule has 0 bridgehead atoms. The Labute approximate surface area is 141 Å². The van der Waals surface area contributed by atoms with Gasteiger partial charge in [0.15, 0.2) is 0 Å². The van der Waals surface area contributed by atoms with E-state index in [2.05, 4.69) is 17.3 Å². The summed E-state index contributed by atoms with van der Waals surface area (Å²) in [5.74, 6) is -0.213. The largest absolute Gasteiger partial charge is 0.371 e. The molecule has 120 valence electrons. The smallest absolute Gasteiger partial charge is 0.257 e. The lowest BCUT2D eigenvalue weighted by atomic mass is 10.1.